The number of hydrogen-bond donors (Lipinski definition) is 3. The first-order valence-corrected chi connectivity index (χ1v) is 8.81. The summed E-state index contributed by atoms with van der Waals surface area (Å²) in [6, 6.07) is 0. The molecule has 1 aromatic heterocycles. The molecule has 11 nitrogen and oxygen atoms in total. The van der Waals surface area contributed by atoms with Crippen LogP contribution in [-0.2, 0) is 19.2 Å². The molecule has 0 aromatic carbocycles. The number of thioether (sulfide) groups is 1. The molecular weight excluding hydrogens is 391 g/mol. The zero-order valence-corrected chi connectivity index (χ0v) is 14.5. The van der Waals surface area contributed by atoms with Crippen LogP contribution in [0.1, 0.15) is 12.2 Å². The number of nitrogens with two attached hydrogens (primary N) is 1. The van der Waals surface area contributed by atoms with Crippen LogP contribution in [0.3, 0.4) is 0 Å². The number of β-lactam (4-membered cyclic amide) rings is 1. The predicted molar refractivity (Wildman–Crippen MR) is 88.4 cm³/mol. The number of halogens is 1. The summed E-state index contributed by atoms with van der Waals surface area (Å²) in [7, 11) is 0. The lowest BCUT2D eigenvalue weighted by Gasteiger charge is -2.43. The maximum atomic E-state index is 12.5. The van der Waals surface area contributed by atoms with Crippen LogP contribution in [0.4, 0.5) is 9.52 Å². The molecule has 26 heavy (non-hydrogen) atoms. The summed E-state index contributed by atoms with van der Waals surface area (Å²) in [4.78, 5) is 44.9. The second-order valence-corrected chi connectivity index (χ2v) is 6.90. The molecule has 14 heteroatoms. The van der Waals surface area contributed by atoms with Crippen LogP contribution in [0, 0.1) is 0 Å². The number of aromatic nitrogens is 2. The van der Waals surface area contributed by atoms with Crippen LogP contribution in [0.2, 0.25) is 0 Å². The molecule has 1 atom stereocenters. The van der Waals surface area contributed by atoms with Gasteiger partial charge in [-0.3, -0.25) is 14.5 Å². The van der Waals surface area contributed by atoms with Crippen LogP contribution in [0.25, 0.3) is 0 Å². The Balaban J connectivity index is 1.89. The lowest BCUT2D eigenvalue weighted by atomic mass is 10.1. The van der Waals surface area contributed by atoms with Crippen LogP contribution in [0.15, 0.2) is 16.5 Å². The monoisotopic (exact) mass is 402 g/mol. The number of rotatable bonds is 6. The fourth-order valence-corrected chi connectivity index (χ4v) is 3.95. The Bertz CT molecular complexity index is 840. The van der Waals surface area contributed by atoms with Gasteiger partial charge in [0.25, 0.3) is 12.8 Å². The Morgan fingerprint density at radius 1 is 1.54 bits per heavy atom. The van der Waals surface area contributed by atoms with E-state index in [1.165, 1.54) is 11.8 Å². The van der Waals surface area contributed by atoms with Crippen molar-refractivity contribution in [3.05, 3.63) is 17.2 Å². The maximum Gasteiger partial charge on any atom is 0.354 e. The van der Waals surface area contributed by atoms with E-state index in [0.717, 1.165) is 16.4 Å². The molecule has 0 spiro atoms. The number of alkyl halides is 1. The first kappa shape index (κ1) is 18.1. The quantitative estimate of drug-likeness (QED) is 0.323. The second kappa shape index (κ2) is 7.25. The van der Waals surface area contributed by atoms with E-state index in [1.54, 1.807) is 0 Å². The Morgan fingerprint density at radius 2 is 2.31 bits per heavy atom. The van der Waals surface area contributed by atoms with Crippen LogP contribution >= 0.6 is 23.3 Å². The number of amides is 2. The first-order valence-electron chi connectivity index (χ1n) is 6.99. The summed E-state index contributed by atoms with van der Waals surface area (Å²) in [6.07, 6.45) is 0.238. The molecule has 0 bridgehead atoms. The van der Waals surface area contributed by atoms with E-state index in [2.05, 4.69) is 24.7 Å². The number of carbonyl (C=O) groups is 3. The second-order valence-electron chi connectivity index (χ2n) is 4.95. The Morgan fingerprint density at radius 3 is 2.88 bits per heavy atom. The molecule has 1 aromatic rings. The maximum absolute atomic E-state index is 12.5. The summed E-state index contributed by atoms with van der Waals surface area (Å²) in [5.74, 6) is -2.66. The van der Waals surface area contributed by atoms with Crippen molar-refractivity contribution in [3.63, 3.8) is 0 Å². The third-order valence-electron chi connectivity index (χ3n) is 3.39. The van der Waals surface area contributed by atoms with Gasteiger partial charge >= 0.3 is 5.97 Å². The molecule has 2 aliphatic heterocycles. The minimum atomic E-state index is -1.35. The summed E-state index contributed by atoms with van der Waals surface area (Å²) in [6.45, 7) is -1.29. The highest BCUT2D eigenvalue weighted by Crippen LogP contribution is 2.39. The molecule has 3 rings (SSSR count). The van der Waals surface area contributed by atoms with Gasteiger partial charge in [0.1, 0.15) is 0 Å². The third kappa shape index (κ3) is 3.32. The van der Waals surface area contributed by atoms with E-state index in [4.69, 9.17) is 5.73 Å². The number of nitrogens with one attached hydrogen (secondary N) is 1. The first-order chi connectivity index (χ1) is 12.4. The van der Waals surface area contributed by atoms with E-state index in [-0.39, 0.29) is 45.8 Å². The molecule has 4 N–H and O–H groups in total. The number of carboxylic acid groups (broad SMARTS) is 1. The van der Waals surface area contributed by atoms with Crippen molar-refractivity contribution in [2.75, 3.05) is 18.3 Å². The van der Waals surface area contributed by atoms with Gasteiger partial charge in [-0.05, 0) is 0 Å². The zero-order chi connectivity index (χ0) is 18.8. The molecule has 2 amide bonds. The van der Waals surface area contributed by atoms with E-state index < -0.39 is 24.4 Å². The fraction of sp³-hybridized carbons (Fsp3) is 0.333. The Kier molecular flexibility index (Phi) is 5.03. The third-order valence-corrected chi connectivity index (χ3v) is 5.15. The Labute approximate surface area is 153 Å². The SMILES string of the molecule is Nc1nc(/C(=N/OCF)C(=O)NC2=C(C(=O)O)N3C(=O)CC3SC2)ns1. The number of aliphatic carboxylic acids is 1. The fourth-order valence-electron chi connectivity index (χ4n) is 2.31. The van der Waals surface area contributed by atoms with Gasteiger partial charge in [-0.15, -0.1) is 11.8 Å². The van der Waals surface area contributed by atoms with Crippen molar-refractivity contribution in [2.24, 2.45) is 5.16 Å². The van der Waals surface area contributed by atoms with Crippen LogP contribution < -0.4 is 11.1 Å². The predicted octanol–water partition coefficient (Wildman–Crippen LogP) is -0.514. The summed E-state index contributed by atoms with van der Waals surface area (Å²) in [5.41, 5.74) is 4.68. The molecule has 1 fully saturated rings. The van der Waals surface area contributed by atoms with E-state index in [0.29, 0.717) is 0 Å². The highest BCUT2D eigenvalue weighted by atomic mass is 32.2. The van der Waals surface area contributed by atoms with Gasteiger partial charge in [0.2, 0.25) is 17.4 Å². The zero-order valence-electron chi connectivity index (χ0n) is 12.8. The Hall–Kier alpha value is -2.74. The molecule has 0 saturated carbocycles. The van der Waals surface area contributed by atoms with Gasteiger partial charge in [-0.1, -0.05) is 5.16 Å². The van der Waals surface area contributed by atoms with Crippen LogP contribution in [0.5, 0.6) is 0 Å². The standard InChI is InChI=1S/C12H11FN6O5S2/c13-3-24-17-7(9-16-12(14)26-18-9)10(21)15-4-2-25-6-1-5(20)19(6)8(4)11(22)23/h6H,1-3H2,(H,15,21)(H,22,23)(H2,14,16,18)/b17-7-. The van der Waals surface area contributed by atoms with E-state index in [9.17, 15) is 23.9 Å². The number of nitrogens with zero attached hydrogens (tertiary/aromatic N) is 4. The van der Waals surface area contributed by atoms with Crippen molar-refractivity contribution in [1.29, 1.82) is 0 Å². The number of hydrogen-bond acceptors (Lipinski definition) is 10. The van der Waals surface area contributed by atoms with Crippen molar-refractivity contribution < 1.29 is 28.7 Å². The average Bonchev–Trinajstić information content (AvgIpc) is 3.01. The number of oxime groups is 1. The van der Waals surface area contributed by atoms with Crippen molar-refractivity contribution in [2.45, 2.75) is 11.8 Å². The topological polar surface area (TPSA) is 160 Å². The summed E-state index contributed by atoms with van der Waals surface area (Å²) in [5, 5.41) is 14.9. The van der Waals surface area contributed by atoms with Gasteiger partial charge in [0, 0.05) is 17.3 Å². The number of nitrogen functional groups attached to an aromatic ring is 1. The van der Waals surface area contributed by atoms with Gasteiger partial charge in [0.05, 0.1) is 17.5 Å². The number of carboxylic acids is 1. The van der Waals surface area contributed by atoms with Gasteiger partial charge in [-0.25, -0.2) is 9.18 Å². The van der Waals surface area contributed by atoms with Gasteiger partial charge in [0.15, 0.2) is 10.8 Å². The molecule has 0 aliphatic carbocycles. The van der Waals surface area contributed by atoms with Crippen LogP contribution in [-0.4, -0.2) is 60.8 Å². The van der Waals surface area contributed by atoms with Crippen molar-refractivity contribution in [3.8, 4) is 0 Å². The lowest BCUT2D eigenvalue weighted by Crippen LogP contribution is -2.55. The molecule has 3 heterocycles. The van der Waals surface area contributed by atoms with E-state index >= 15 is 0 Å². The largest absolute Gasteiger partial charge is 0.477 e. The molecule has 2 aliphatic rings. The minimum absolute atomic E-state index is 0.00736. The lowest BCUT2D eigenvalue weighted by molar-refractivity contribution is -0.146. The number of anilines is 1. The average molecular weight is 402 g/mol. The molecule has 1 unspecified atom stereocenters. The minimum Gasteiger partial charge on any atom is -0.477 e. The smallest absolute Gasteiger partial charge is 0.354 e. The molecule has 138 valence electrons. The highest BCUT2D eigenvalue weighted by molar-refractivity contribution is 8.00. The normalized spacial score (nSPS) is 19.7. The summed E-state index contributed by atoms with van der Waals surface area (Å²) < 4.78 is 16.0. The highest BCUT2D eigenvalue weighted by Gasteiger charge is 2.45. The van der Waals surface area contributed by atoms with Crippen molar-refractivity contribution in [1.82, 2.24) is 19.6 Å². The summed E-state index contributed by atoms with van der Waals surface area (Å²) >= 11 is 2.09. The van der Waals surface area contributed by atoms with Gasteiger partial charge in [-0.2, -0.15) is 9.36 Å². The number of carbonyl (C=O) groups excluding carboxylic acids is 2. The van der Waals surface area contributed by atoms with Crippen molar-refractivity contribution >= 4 is 51.9 Å². The van der Waals surface area contributed by atoms with E-state index in [1.807, 2.05) is 0 Å². The molecular formula is C12H11FN6O5S2. The number of fused-ring (bicyclic) bond motifs is 1. The molecule has 1 saturated heterocycles. The van der Waals surface area contributed by atoms with Gasteiger partial charge < -0.3 is 21.0 Å². The molecule has 0 radical (unpaired) electrons.